The minimum absolute atomic E-state index is 0.0318. The molecule has 4 saturated carbocycles. The number of allylic oxidation sites excluding steroid dienone is 1. The molecule has 0 aromatic heterocycles. The SMILES string of the molecule is COc1ccc(-c2cc(C(=O)O)ccc2F)cc1C(=O)N[C@@H]1C2CCC(/C2=C/C2CC2)[C@@H]1C(=O)NC1CCCCC1. The lowest BCUT2D eigenvalue weighted by Gasteiger charge is -2.32. The smallest absolute Gasteiger partial charge is 0.335 e. The Morgan fingerprint density at radius 3 is 2.39 bits per heavy atom. The number of rotatable bonds is 8. The van der Waals surface area contributed by atoms with Gasteiger partial charge in [0, 0.05) is 23.6 Å². The van der Waals surface area contributed by atoms with Gasteiger partial charge in [-0.15, -0.1) is 0 Å². The van der Waals surface area contributed by atoms with E-state index in [1.807, 2.05) is 0 Å². The summed E-state index contributed by atoms with van der Waals surface area (Å²) in [5.41, 5.74) is 1.94. The van der Waals surface area contributed by atoms with Crippen molar-refractivity contribution < 1.29 is 28.6 Å². The number of carboxylic acids is 1. The number of methoxy groups -OCH3 is 1. The fourth-order valence-corrected chi connectivity index (χ4v) is 7.27. The molecule has 8 heteroatoms. The monoisotopic (exact) mass is 560 g/mol. The second-order valence-electron chi connectivity index (χ2n) is 12.1. The first kappa shape index (κ1) is 27.5. The number of hydrogen-bond acceptors (Lipinski definition) is 4. The van der Waals surface area contributed by atoms with Crippen molar-refractivity contribution in [2.75, 3.05) is 7.11 Å². The maximum Gasteiger partial charge on any atom is 0.335 e. The van der Waals surface area contributed by atoms with Gasteiger partial charge in [0.15, 0.2) is 0 Å². The standard InChI is InChI=1S/C33H37FN2O5/c1-41-28-14-10-19(24-17-20(33(39)40)9-13-27(24)34)16-26(28)31(37)36-30-23-12-11-22(25(23)15-18-7-8-18)29(30)32(38)35-21-5-3-2-4-6-21/h9-10,13-18,21-23,29-30H,2-8,11-12H2,1H3,(H,35,38)(H,36,37)(H,39,40)/b25-15-/t22?,23?,29-,30+/m0/s1. The normalized spacial score (nSPS) is 26.6. The van der Waals surface area contributed by atoms with Gasteiger partial charge < -0.3 is 20.5 Å². The average Bonchev–Trinajstić information content (AvgIpc) is 3.65. The minimum atomic E-state index is -1.17. The molecule has 0 spiro atoms. The predicted molar refractivity (Wildman–Crippen MR) is 152 cm³/mol. The maximum absolute atomic E-state index is 14.8. The van der Waals surface area contributed by atoms with Gasteiger partial charge in [0.05, 0.1) is 24.2 Å². The minimum Gasteiger partial charge on any atom is -0.496 e. The number of carbonyl (C=O) groups excluding carboxylic acids is 2. The fraction of sp³-hybridized carbons (Fsp3) is 0.485. The first-order chi connectivity index (χ1) is 19.8. The number of fused-ring (bicyclic) bond motifs is 2. The average molecular weight is 561 g/mol. The first-order valence-corrected chi connectivity index (χ1v) is 14.9. The highest BCUT2D eigenvalue weighted by molar-refractivity contribution is 5.99. The lowest BCUT2D eigenvalue weighted by Crippen LogP contribution is -2.51. The molecule has 0 aliphatic heterocycles. The van der Waals surface area contributed by atoms with Crippen molar-refractivity contribution >= 4 is 17.8 Å². The molecule has 0 saturated heterocycles. The molecule has 2 unspecified atom stereocenters. The maximum atomic E-state index is 14.8. The first-order valence-electron chi connectivity index (χ1n) is 14.9. The van der Waals surface area contributed by atoms with Crippen molar-refractivity contribution in [3.8, 4) is 16.9 Å². The Hall–Kier alpha value is -3.68. The summed E-state index contributed by atoms with van der Waals surface area (Å²) in [5, 5.41) is 15.9. The van der Waals surface area contributed by atoms with E-state index in [1.54, 1.807) is 12.1 Å². The summed E-state index contributed by atoms with van der Waals surface area (Å²) in [6.45, 7) is 0. The second kappa shape index (κ2) is 11.3. The van der Waals surface area contributed by atoms with Crippen LogP contribution in [-0.4, -0.2) is 42.1 Å². The Kier molecular flexibility index (Phi) is 7.58. The van der Waals surface area contributed by atoms with Crippen molar-refractivity contribution in [2.24, 2.45) is 23.7 Å². The van der Waals surface area contributed by atoms with Crippen LogP contribution >= 0.6 is 0 Å². The number of benzene rings is 2. The zero-order chi connectivity index (χ0) is 28.7. The Labute approximate surface area is 239 Å². The van der Waals surface area contributed by atoms with Crippen molar-refractivity contribution in [3.63, 3.8) is 0 Å². The summed E-state index contributed by atoms with van der Waals surface area (Å²) >= 11 is 0. The largest absolute Gasteiger partial charge is 0.496 e. The van der Waals surface area contributed by atoms with Gasteiger partial charge in [0.25, 0.3) is 5.91 Å². The highest BCUT2D eigenvalue weighted by Gasteiger charge is 2.55. The Morgan fingerprint density at radius 1 is 0.927 bits per heavy atom. The quantitative estimate of drug-likeness (QED) is 0.357. The third-order valence-corrected chi connectivity index (χ3v) is 9.47. The molecule has 2 bridgehead atoms. The summed E-state index contributed by atoms with van der Waals surface area (Å²) in [5.74, 6) is -1.29. The number of amides is 2. The summed E-state index contributed by atoms with van der Waals surface area (Å²) in [6, 6.07) is 8.16. The molecule has 4 aliphatic rings. The predicted octanol–water partition coefficient (Wildman–Crippen LogP) is 5.74. The van der Waals surface area contributed by atoms with Gasteiger partial charge in [-0.25, -0.2) is 9.18 Å². The van der Waals surface area contributed by atoms with E-state index in [0.717, 1.165) is 44.6 Å². The van der Waals surface area contributed by atoms with E-state index < -0.39 is 17.7 Å². The molecule has 4 fully saturated rings. The lowest BCUT2D eigenvalue weighted by molar-refractivity contribution is -0.128. The molecule has 0 radical (unpaired) electrons. The van der Waals surface area contributed by atoms with Crippen LogP contribution in [0.4, 0.5) is 4.39 Å². The van der Waals surface area contributed by atoms with Gasteiger partial charge in [-0.3, -0.25) is 9.59 Å². The molecule has 216 valence electrons. The summed E-state index contributed by atoms with van der Waals surface area (Å²) < 4.78 is 20.3. The van der Waals surface area contributed by atoms with Crippen molar-refractivity contribution in [1.29, 1.82) is 0 Å². The van der Waals surface area contributed by atoms with Crippen molar-refractivity contribution in [3.05, 3.63) is 65.0 Å². The Morgan fingerprint density at radius 2 is 1.68 bits per heavy atom. The Bertz CT molecular complexity index is 1390. The summed E-state index contributed by atoms with van der Waals surface area (Å²) in [6.07, 6.45) is 12.1. The molecule has 4 aliphatic carbocycles. The molecule has 2 amide bonds. The molecule has 41 heavy (non-hydrogen) atoms. The highest BCUT2D eigenvalue weighted by atomic mass is 19.1. The molecule has 6 rings (SSSR count). The van der Waals surface area contributed by atoms with E-state index in [9.17, 15) is 23.9 Å². The van der Waals surface area contributed by atoms with Gasteiger partial charge in [0.1, 0.15) is 11.6 Å². The molecule has 4 atom stereocenters. The molecular weight excluding hydrogens is 523 g/mol. The second-order valence-corrected chi connectivity index (χ2v) is 12.1. The summed E-state index contributed by atoms with van der Waals surface area (Å²) in [7, 11) is 1.46. The van der Waals surface area contributed by atoms with Crippen LogP contribution in [0.15, 0.2) is 48.0 Å². The van der Waals surface area contributed by atoms with Crippen LogP contribution in [0.3, 0.4) is 0 Å². The van der Waals surface area contributed by atoms with Gasteiger partial charge >= 0.3 is 5.97 Å². The van der Waals surface area contributed by atoms with Crippen LogP contribution in [0.2, 0.25) is 0 Å². The van der Waals surface area contributed by atoms with E-state index in [2.05, 4.69) is 16.7 Å². The van der Waals surface area contributed by atoms with Crippen LogP contribution in [0.1, 0.15) is 78.5 Å². The number of carboxylic acid groups (broad SMARTS) is 1. The van der Waals surface area contributed by atoms with Gasteiger partial charge in [-0.2, -0.15) is 0 Å². The van der Waals surface area contributed by atoms with Crippen LogP contribution < -0.4 is 15.4 Å². The Balaban J connectivity index is 1.30. The van der Waals surface area contributed by atoms with Gasteiger partial charge in [0.2, 0.25) is 5.91 Å². The topological polar surface area (TPSA) is 105 Å². The number of halogens is 1. The zero-order valence-corrected chi connectivity index (χ0v) is 23.3. The van der Waals surface area contributed by atoms with Crippen LogP contribution in [0.25, 0.3) is 11.1 Å². The zero-order valence-electron chi connectivity index (χ0n) is 23.3. The van der Waals surface area contributed by atoms with Crippen LogP contribution in [0.5, 0.6) is 5.75 Å². The number of carbonyl (C=O) groups is 3. The number of hydrogen-bond donors (Lipinski definition) is 3. The fourth-order valence-electron chi connectivity index (χ4n) is 7.27. The highest BCUT2D eigenvalue weighted by Crippen LogP contribution is 2.54. The number of nitrogens with one attached hydrogen (secondary N) is 2. The van der Waals surface area contributed by atoms with Gasteiger partial charge in [-0.1, -0.05) is 37.0 Å². The van der Waals surface area contributed by atoms with Crippen molar-refractivity contribution in [1.82, 2.24) is 10.6 Å². The van der Waals surface area contributed by atoms with E-state index in [1.165, 1.54) is 50.1 Å². The summed E-state index contributed by atoms with van der Waals surface area (Å²) in [4.78, 5) is 39.1. The third kappa shape index (κ3) is 5.48. The number of aromatic carboxylic acids is 1. The van der Waals surface area contributed by atoms with E-state index in [0.29, 0.717) is 17.2 Å². The van der Waals surface area contributed by atoms with Crippen LogP contribution in [-0.2, 0) is 4.79 Å². The molecule has 7 nitrogen and oxygen atoms in total. The van der Waals surface area contributed by atoms with Crippen LogP contribution in [0, 0.1) is 29.5 Å². The molecule has 0 heterocycles. The van der Waals surface area contributed by atoms with Crippen molar-refractivity contribution in [2.45, 2.75) is 69.9 Å². The molecule has 2 aromatic carbocycles. The lowest BCUT2D eigenvalue weighted by atomic mass is 9.83. The van der Waals surface area contributed by atoms with E-state index in [-0.39, 0.29) is 52.4 Å². The molecule has 3 N–H and O–H groups in total. The third-order valence-electron chi connectivity index (χ3n) is 9.47. The van der Waals surface area contributed by atoms with Gasteiger partial charge in [-0.05, 0) is 86.3 Å². The number of ether oxygens (including phenoxy) is 1. The molecular formula is C33H37FN2O5. The van der Waals surface area contributed by atoms with E-state index in [4.69, 9.17) is 4.74 Å². The molecule has 2 aromatic rings. The van der Waals surface area contributed by atoms with E-state index >= 15 is 0 Å².